The molecule has 2 aromatic carbocycles. The van der Waals surface area contributed by atoms with Gasteiger partial charge >= 0.3 is 0 Å². The monoisotopic (exact) mass is 311 g/mol. The number of rotatable bonds is 5. The third kappa shape index (κ3) is 3.94. The van der Waals surface area contributed by atoms with Crippen LogP contribution in [0.1, 0.15) is 43.6 Å². The van der Waals surface area contributed by atoms with Gasteiger partial charge in [0.15, 0.2) is 0 Å². The summed E-state index contributed by atoms with van der Waals surface area (Å²) in [4.78, 5) is 2.20. The Morgan fingerprint density at radius 3 is 2.39 bits per heavy atom. The van der Waals surface area contributed by atoms with E-state index in [9.17, 15) is 5.11 Å². The maximum atomic E-state index is 11.1. The number of benzene rings is 2. The smallest absolute Gasteiger partial charge is 0.0649 e. The van der Waals surface area contributed by atoms with Crippen LogP contribution in [0.3, 0.4) is 0 Å². The summed E-state index contributed by atoms with van der Waals surface area (Å²) in [5.41, 5.74) is 1.27. The van der Waals surface area contributed by atoms with Crippen LogP contribution in [-0.4, -0.2) is 36.8 Å². The highest BCUT2D eigenvalue weighted by Crippen LogP contribution is 2.34. The quantitative estimate of drug-likeness (QED) is 0.883. The van der Waals surface area contributed by atoms with Crippen LogP contribution < -0.4 is 0 Å². The molecule has 0 heterocycles. The van der Waals surface area contributed by atoms with Crippen molar-refractivity contribution in [3.05, 3.63) is 48.0 Å². The first-order valence-corrected chi connectivity index (χ1v) is 8.96. The van der Waals surface area contributed by atoms with E-state index in [4.69, 9.17) is 0 Å². The predicted octanol–water partition coefficient (Wildman–Crippen LogP) is 4.43. The van der Waals surface area contributed by atoms with Gasteiger partial charge in [0.05, 0.1) is 6.10 Å². The third-order valence-corrected chi connectivity index (χ3v) is 5.31. The van der Waals surface area contributed by atoms with Crippen LogP contribution in [0.4, 0.5) is 0 Å². The molecular formula is C21H29NO. The molecule has 2 atom stereocenters. The summed E-state index contributed by atoms with van der Waals surface area (Å²) in [5, 5.41) is 13.6. The van der Waals surface area contributed by atoms with Gasteiger partial charge in [0.25, 0.3) is 0 Å². The van der Waals surface area contributed by atoms with Crippen molar-refractivity contribution in [2.75, 3.05) is 20.6 Å². The second kappa shape index (κ2) is 7.46. The van der Waals surface area contributed by atoms with E-state index >= 15 is 0 Å². The molecule has 23 heavy (non-hydrogen) atoms. The van der Waals surface area contributed by atoms with Crippen molar-refractivity contribution in [1.29, 1.82) is 0 Å². The second-order valence-electron chi connectivity index (χ2n) is 7.36. The molecular weight excluding hydrogens is 282 g/mol. The van der Waals surface area contributed by atoms with Gasteiger partial charge in [-0.25, -0.2) is 0 Å². The first-order valence-electron chi connectivity index (χ1n) is 8.96. The molecule has 2 nitrogen and oxygen atoms in total. The van der Waals surface area contributed by atoms with Gasteiger partial charge in [-0.05, 0) is 49.2 Å². The van der Waals surface area contributed by atoms with E-state index in [2.05, 4.69) is 61.5 Å². The van der Waals surface area contributed by atoms with Crippen molar-refractivity contribution in [1.82, 2.24) is 4.90 Å². The van der Waals surface area contributed by atoms with Gasteiger partial charge in [-0.2, -0.15) is 0 Å². The van der Waals surface area contributed by atoms with Crippen molar-refractivity contribution in [3.63, 3.8) is 0 Å². The minimum absolute atomic E-state index is 0.192. The molecule has 2 heteroatoms. The van der Waals surface area contributed by atoms with Gasteiger partial charge in [-0.1, -0.05) is 61.7 Å². The number of hydrogen-bond donors (Lipinski definition) is 1. The molecule has 1 N–H and O–H groups in total. The van der Waals surface area contributed by atoms with E-state index in [1.165, 1.54) is 48.4 Å². The highest BCUT2D eigenvalue weighted by atomic mass is 16.3. The van der Waals surface area contributed by atoms with Crippen molar-refractivity contribution in [2.45, 2.75) is 44.1 Å². The van der Waals surface area contributed by atoms with Crippen molar-refractivity contribution >= 4 is 10.8 Å². The first-order chi connectivity index (χ1) is 11.1. The molecule has 2 unspecified atom stereocenters. The minimum atomic E-state index is -0.237. The van der Waals surface area contributed by atoms with Gasteiger partial charge in [-0.3, -0.25) is 0 Å². The van der Waals surface area contributed by atoms with Crippen LogP contribution in [-0.2, 0) is 0 Å². The Kier molecular flexibility index (Phi) is 5.34. The number of fused-ring (bicyclic) bond motifs is 1. The van der Waals surface area contributed by atoms with E-state index in [1.807, 2.05) is 0 Å². The van der Waals surface area contributed by atoms with Gasteiger partial charge in [0, 0.05) is 12.5 Å². The van der Waals surface area contributed by atoms with Crippen LogP contribution >= 0.6 is 0 Å². The third-order valence-electron chi connectivity index (χ3n) is 5.31. The SMILES string of the molecule is CN(C)CC(c1ccc2ccccc2c1)C(O)C1CCCCC1. The summed E-state index contributed by atoms with van der Waals surface area (Å²) < 4.78 is 0. The first kappa shape index (κ1) is 16.5. The lowest BCUT2D eigenvalue weighted by atomic mass is 9.78. The Labute approximate surface area is 140 Å². The zero-order valence-electron chi connectivity index (χ0n) is 14.4. The Morgan fingerprint density at radius 1 is 1.00 bits per heavy atom. The van der Waals surface area contributed by atoms with Crippen LogP contribution in [0.5, 0.6) is 0 Å². The van der Waals surface area contributed by atoms with Crippen LogP contribution in [0.2, 0.25) is 0 Å². The standard InChI is InChI=1S/C21H29NO/c1-22(2)15-20(21(23)17-9-4-3-5-10-17)19-13-12-16-8-6-7-11-18(16)14-19/h6-8,11-14,17,20-21,23H,3-5,9-10,15H2,1-2H3. The number of nitrogens with zero attached hydrogens (tertiary/aromatic N) is 1. The summed E-state index contributed by atoms with van der Waals surface area (Å²) in [7, 11) is 4.20. The molecule has 0 radical (unpaired) electrons. The average molecular weight is 311 g/mol. The largest absolute Gasteiger partial charge is 0.392 e. The molecule has 1 saturated carbocycles. The summed E-state index contributed by atoms with van der Waals surface area (Å²) in [6.07, 6.45) is 6.00. The Hall–Kier alpha value is -1.38. The molecule has 0 amide bonds. The van der Waals surface area contributed by atoms with Crippen molar-refractivity contribution in [3.8, 4) is 0 Å². The Balaban J connectivity index is 1.89. The maximum absolute atomic E-state index is 11.1. The Morgan fingerprint density at radius 2 is 1.70 bits per heavy atom. The zero-order valence-corrected chi connectivity index (χ0v) is 14.4. The van der Waals surface area contributed by atoms with E-state index in [-0.39, 0.29) is 12.0 Å². The molecule has 0 spiro atoms. The fourth-order valence-corrected chi connectivity index (χ4v) is 4.05. The zero-order chi connectivity index (χ0) is 16.2. The van der Waals surface area contributed by atoms with E-state index in [0.29, 0.717) is 5.92 Å². The van der Waals surface area contributed by atoms with Crippen LogP contribution in [0, 0.1) is 5.92 Å². The molecule has 1 aliphatic carbocycles. The molecule has 124 valence electrons. The maximum Gasteiger partial charge on any atom is 0.0649 e. The molecule has 3 rings (SSSR count). The fraction of sp³-hybridized carbons (Fsp3) is 0.524. The number of aliphatic hydroxyl groups excluding tert-OH is 1. The lowest BCUT2D eigenvalue weighted by Crippen LogP contribution is -2.35. The molecule has 0 aromatic heterocycles. The van der Waals surface area contributed by atoms with Crippen molar-refractivity contribution in [2.24, 2.45) is 5.92 Å². The number of likely N-dealkylation sites (N-methyl/N-ethyl adjacent to an activating group) is 1. The Bertz CT molecular complexity index is 631. The molecule has 1 fully saturated rings. The highest BCUT2D eigenvalue weighted by Gasteiger charge is 2.30. The minimum Gasteiger partial charge on any atom is -0.392 e. The van der Waals surface area contributed by atoms with E-state index < -0.39 is 0 Å². The second-order valence-corrected chi connectivity index (χ2v) is 7.36. The summed E-state index contributed by atoms with van der Waals surface area (Å²) >= 11 is 0. The number of hydrogen-bond acceptors (Lipinski definition) is 2. The van der Waals surface area contributed by atoms with Crippen LogP contribution in [0.25, 0.3) is 10.8 Å². The fourth-order valence-electron chi connectivity index (χ4n) is 4.05. The lowest BCUT2D eigenvalue weighted by molar-refractivity contribution is 0.0520. The highest BCUT2D eigenvalue weighted by molar-refractivity contribution is 5.83. The van der Waals surface area contributed by atoms with Gasteiger partial charge in [0.1, 0.15) is 0 Å². The molecule has 0 aliphatic heterocycles. The van der Waals surface area contributed by atoms with Gasteiger partial charge in [-0.15, -0.1) is 0 Å². The summed E-state index contributed by atoms with van der Waals surface area (Å²) in [5.74, 6) is 0.651. The normalized spacial score (nSPS) is 19.1. The molecule has 0 saturated heterocycles. The van der Waals surface area contributed by atoms with Crippen LogP contribution in [0.15, 0.2) is 42.5 Å². The topological polar surface area (TPSA) is 23.5 Å². The molecule has 2 aromatic rings. The molecule has 0 bridgehead atoms. The summed E-state index contributed by atoms with van der Waals surface area (Å²) in [6, 6.07) is 15.2. The summed E-state index contributed by atoms with van der Waals surface area (Å²) in [6.45, 7) is 0.899. The average Bonchev–Trinajstić information content (AvgIpc) is 2.59. The predicted molar refractivity (Wildman–Crippen MR) is 97.8 cm³/mol. The van der Waals surface area contributed by atoms with Gasteiger partial charge in [0.2, 0.25) is 0 Å². The van der Waals surface area contributed by atoms with Crippen molar-refractivity contribution < 1.29 is 5.11 Å². The van der Waals surface area contributed by atoms with E-state index in [1.54, 1.807) is 0 Å². The molecule has 1 aliphatic rings. The van der Waals surface area contributed by atoms with E-state index in [0.717, 1.165) is 6.54 Å². The number of aliphatic hydroxyl groups is 1. The van der Waals surface area contributed by atoms with Gasteiger partial charge < -0.3 is 10.0 Å². The lowest BCUT2D eigenvalue weighted by Gasteiger charge is -2.34.